The van der Waals surface area contributed by atoms with Crippen molar-refractivity contribution in [2.45, 2.75) is 18.7 Å². The lowest BCUT2D eigenvalue weighted by molar-refractivity contribution is 0.485. The topological polar surface area (TPSA) is 80.0 Å². The first kappa shape index (κ1) is 17.1. The number of nitriles is 1. The number of hydrogen-bond donors (Lipinski definition) is 0. The van der Waals surface area contributed by atoms with E-state index in [-0.39, 0.29) is 10.6 Å². The molecule has 0 spiro atoms. The summed E-state index contributed by atoms with van der Waals surface area (Å²) < 4.78 is 30.1. The minimum Gasteiger partial charge on any atom is -0.379 e. The molecule has 1 aromatic heterocycles. The van der Waals surface area contributed by atoms with Crippen molar-refractivity contribution in [2.75, 3.05) is 0 Å². The molecule has 5 nitrogen and oxygen atoms in total. The summed E-state index contributed by atoms with van der Waals surface area (Å²) in [5, 5.41) is 11.7. The molecule has 0 atom stereocenters. The molecule has 0 saturated heterocycles. The van der Waals surface area contributed by atoms with Crippen molar-refractivity contribution in [3.63, 3.8) is 0 Å². The van der Waals surface area contributed by atoms with Gasteiger partial charge in [-0.05, 0) is 61.9 Å². The van der Waals surface area contributed by atoms with E-state index in [1.165, 1.54) is 29.5 Å². The van der Waals surface area contributed by atoms with Gasteiger partial charge in [0.05, 0.1) is 11.6 Å². The van der Waals surface area contributed by atoms with Crippen molar-refractivity contribution in [1.82, 2.24) is 4.98 Å². The summed E-state index contributed by atoms with van der Waals surface area (Å²) in [6.07, 6.45) is 0. The van der Waals surface area contributed by atoms with Crippen LogP contribution in [0, 0.1) is 25.2 Å². The average Bonchev–Trinajstić information content (AvgIpc) is 3.01. The van der Waals surface area contributed by atoms with Crippen LogP contribution in [0.4, 0.5) is 0 Å². The second-order valence-electron chi connectivity index (χ2n) is 5.45. The zero-order chi connectivity index (χ0) is 18.0. The quantitative estimate of drug-likeness (QED) is 0.647. The van der Waals surface area contributed by atoms with E-state index < -0.39 is 10.1 Å². The number of benzene rings is 2. The molecular formula is C18H14N2O3S2. The number of rotatable bonds is 4. The van der Waals surface area contributed by atoms with Crippen LogP contribution >= 0.6 is 11.3 Å². The van der Waals surface area contributed by atoms with Gasteiger partial charge in [0.2, 0.25) is 0 Å². The van der Waals surface area contributed by atoms with Crippen molar-refractivity contribution in [3.8, 4) is 22.4 Å². The van der Waals surface area contributed by atoms with Crippen LogP contribution in [0.2, 0.25) is 0 Å². The van der Waals surface area contributed by atoms with Crippen LogP contribution in [0.3, 0.4) is 0 Å². The van der Waals surface area contributed by atoms with Crippen molar-refractivity contribution in [3.05, 3.63) is 64.7 Å². The normalized spacial score (nSPS) is 11.1. The molecule has 25 heavy (non-hydrogen) atoms. The molecule has 7 heteroatoms. The van der Waals surface area contributed by atoms with Gasteiger partial charge in [0.25, 0.3) is 0 Å². The van der Waals surface area contributed by atoms with Crippen LogP contribution in [-0.4, -0.2) is 13.4 Å². The van der Waals surface area contributed by atoms with Crippen LogP contribution in [0.15, 0.2) is 52.7 Å². The minimum atomic E-state index is -3.96. The maximum Gasteiger partial charge on any atom is 0.339 e. The standard InChI is InChI=1S/C18H14N2O3S2/c1-12-9-14(10-19)3-8-17(12)25(21,22)23-16-6-4-15(5-7-16)18-20-13(2)11-24-18/h3-9,11H,1-2H3. The van der Waals surface area contributed by atoms with E-state index in [1.807, 2.05) is 18.4 Å². The largest absolute Gasteiger partial charge is 0.379 e. The maximum absolute atomic E-state index is 12.5. The molecule has 0 radical (unpaired) electrons. The molecule has 0 bridgehead atoms. The summed E-state index contributed by atoms with van der Waals surface area (Å²) in [7, 11) is -3.96. The lowest BCUT2D eigenvalue weighted by Gasteiger charge is -2.09. The third-order valence-electron chi connectivity index (χ3n) is 3.50. The van der Waals surface area contributed by atoms with E-state index in [0.29, 0.717) is 11.1 Å². The van der Waals surface area contributed by atoms with Crippen molar-refractivity contribution in [1.29, 1.82) is 5.26 Å². The second kappa shape index (κ2) is 6.67. The van der Waals surface area contributed by atoms with Gasteiger partial charge in [-0.25, -0.2) is 4.98 Å². The average molecular weight is 370 g/mol. The molecule has 0 N–H and O–H groups in total. The Morgan fingerprint density at radius 1 is 1.12 bits per heavy atom. The van der Waals surface area contributed by atoms with E-state index >= 15 is 0 Å². The van der Waals surface area contributed by atoms with Crippen molar-refractivity contribution in [2.24, 2.45) is 0 Å². The number of hydrogen-bond acceptors (Lipinski definition) is 6. The van der Waals surface area contributed by atoms with Crippen LogP contribution in [0.5, 0.6) is 5.75 Å². The Morgan fingerprint density at radius 2 is 1.84 bits per heavy atom. The highest BCUT2D eigenvalue weighted by Gasteiger charge is 2.19. The molecule has 3 aromatic rings. The number of thiazole rings is 1. The molecular weight excluding hydrogens is 356 g/mol. The maximum atomic E-state index is 12.5. The Balaban J connectivity index is 1.85. The highest BCUT2D eigenvalue weighted by Crippen LogP contribution is 2.27. The van der Waals surface area contributed by atoms with Crippen LogP contribution < -0.4 is 4.18 Å². The van der Waals surface area contributed by atoms with Gasteiger partial charge in [0, 0.05) is 16.6 Å². The third kappa shape index (κ3) is 3.71. The smallest absolute Gasteiger partial charge is 0.339 e. The fourth-order valence-corrected chi connectivity index (χ4v) is 4.26. The van der Waals surface area contributed by atoms with Gasteiger partial charge >= 0.3 is 10.1 Å². The van der Waals surface area contributed by atoms with Crippen LogP contribution in [0.25, 0.3) is 10.6 Å². The van der Waals surface area contributed by atoms with E-state index in [9.17, 15) is 8.42 Å². The van der Waals surface area contributed by atoms with Crippen LogP contribution in [-0.2, 0) is 10.1 Å². The van der Waals surface area contributed by atoms with Gasteiger partial charge in [-0.3, -0.25) is 0 Å². The third-order valence-corrected chi connectivity index (χ3v) is 5.92. The summed E-state index contributed by atoms with van der Waals surface area (Å²) in [6, 6.07) is 13.1. The summed E-state index contributed by atoms with van der Waals surface area (Å²) in [4.78, 5) is 4.44. The molecule has 2 aromatic carbocycles. The van der Waals surface area contributed by atoms with Gasteiger partial charge in [-0.15, -0.1) is 11.3 Å². The van der Waals surface area contributed by atoms with Gasteiger partial charge in [0.1, 0.15) is 15.7 Å². The minimum absolute atomic E-state index is 0.0473. The number of nitrogens with zero attached hydrogens (tertiary/aromatic N) is 2. The molecule has 0 aliphatic rings. The first-order valence-electron chi connectivity index (χ1n) is 7.37. The van der Waals surface area contributed by atoms with E-state index in [2.05, 4.69) is 4.98 Å². The molecule has 1 heterocycles. The molecule has 0 unspecified atom stereocenters. The lowest BCUT2D eigenvalue weighted by Crippen LogP contribution is -2.11. The monoisotopic (exact) mass is 370 g/mol. The van der Waals surface area contributed by atoms with Gasteiger partial charge < -0.3 is 4.18 Å². The molecule has 0 aliphatic heterocycles. The Hall–Kier alpha value is -2.69. The highest BCUT2D eigenvalue weighted by molar-refractivity contribution is 7.87. The SMILES string of the molecule is Cc1csc(-c2ccc(OS(=O)(=O)c3ccc(C#N)cc3C)cc2)n1. The molecule has 0 fully saturated rings. The van der Waals surface area contributed by atoms with E-state index in [0.717, 1.165) is 16.3 Å². The van der Waals surface area contributed by atoms with Crippen molar-refractivity contribution < 1.29 is 12.6 Å². The number of aryl methyl sites for hydroxylation is 2. The molecule has 0 amide bonds. The molecule has 126 valence electrons. The fourth-order valence-electron chi connectivity index (χ4n) is 2.31. The summed E-state index contributed by atoms with van der Waals surface area (Å²) in [6.45, 7) is 3.55. The molecule has 0 saturated carbocycles. The lowest BCUT2D eigenvalue weighted by atomic mass is 10.2. The van der Waals surface area contributed by atoms with Crippen LogP contribution in [0.1, 0.15) is 16.8 Å². The fraction of sp³-hybridized carbons (Fsp3) is 0.111. The van der Waals surface area contributed by atoms with Gasteiger partial charge in [0.15, 0.2) is 0 Å². The summed E-state index contributed by atoms with van der Waals surface area (Å²) in [5.74, 6) is 0.223. The summed E-state index contributed by atoms with van der Waals surface area (Å²) in [5.41, 5.74) is 2.71. The summed E-state index contributed by atoms with van der Waals surface area (Å²) >= 11 is 1.53. The zero-order valence-electron chi connectivity index (χ0n) is 13.6. The predicted molar refractivity (Wildman–Crippen MR) is 96.0 cm³/mol. The molecule has 0 aliphatic carbocycles. The van der Waals surface area contributed by atoms with Crippen molar-refractivity contribution >= 4 is 21.5 Å². The van der Waals surface area contributed by atoms with E-state index in [4.69, 9.17) is 9.44 Å². The second-order valence-corrected chi connectivity index (χ2v) is 7.82. The Kier molecular flexibility index (Phi) is 4.57. The first-order valence-corrected chi connectivity index (χ1v) is 9.65. The van der Waals surface area contributed by atoms with Gasteiger partial charge in [-0.1, -0.05) is 0 Å². The predicted octanol–water partition coefficient (Wildman–Crippen LogP) is 4.07. The Bertz CT molecular complexity index is 1060. The Labute approximate surface area is 150 Å². The Morgan fingerprint density at radius 3 is 2.40 bits per heavy atom. The first-order chi connectivity index (χ1) is 11.9. The highest BCUT2D eigenvalue weighted by atomic mass is 32.2. The van der Waals surface area contributed by atoms with E-state index in [1.54, 1.807) is 31.2 Å². The number of aromatic nitrogens is 1. The molecule has 3 rings (SSSR count). The zero-order valence-corrected chi connectivity index (χ0v) is 15.2. The van der Waals surface area contributed by atoms with Gasteiger partial charge in [-0.2, -0.15) is 13.7 Å².